The minimum absolute atomic E-state index is 0.127. The Kier molecular flexibility index (Phi) is 4.85. The van der Waals surface area contributed by atoms with Crippen LogP contribution in [0, 0.1) is 17.2 Å². The molecule has 1 aliphatic rings. The van der Waals surface area contributed by atoms with Crippen molar-refractivity contribution in [3.05, 3.63) is 35.6 Å². The molecule has 0 radical (unpaired) electrons. The summed E-state index contributed by atoms with van der Waals surface area (Å²) < 4.78 is 13.1. The number of rotatable bonds is 4. The summed E-state index contributed by atoms with van der Waals surface area (Å²) >= 11 is 0. The predicted octanol–water partition coefficient (Wildman–Crippen LogP) is 5.08. The van der Waals surface area contributed by atoms with E-state index in [1.54, 1.807) is 12.1 Å². The molecular weight excluding hydrogens is 249 g/mol. The molecule has 1 N–H and O–H groups in total. The van der Waals surface area contributed by atoms with E-state index in [9.17, 15) is 4.39 Å². The van der Waals surface area contributed by atoms with Crippen LogP contribution in [0.4, 0.5) is 4.39 Å². The minimum Gasteiger partial charge on any atom is -0.307 e. The SMILES string of the molecule is CCC1CCC(NC(c2ccc(F)cc2)C(C)(C)C)C1. The van der Waals surface area contributed by atoms with Crippen molar-refractivity contribution in [2.24, 2.45) is 11.3 Å². The molecule has 20 heavy (non-hydrogen) atoms. The molecule has 1 aromatic rings. The van der Waals surface area contributed by atoms with Crippen molar-refractivity contribution in [2.45, 2.75) is 65.5 Å². The number of hydrogen-bond acceptors (Lipinski definition) is 1. The van der Waals surface area contributed by atoms with Gasteiger partial charge in [-0.25, -0.2) is 4.39 Å². The van der Waals surface area contributed by atoms with Gasteiger partial charge >= 0.3 is 0 Å². The van der Waals surface area contributed by atoms with Crippen molar-refractivity contribution in [3.8, 4) is 0 Å². The summed E-state index contributed by atoms with van der Waals surface area (Å²) in [5.74, 6) is 0.717. The van der Waals surface area contributed by atoms with Crippen LogP contribution >= 0.6 is 0 Å². The highest BCUT2D eigenvalue weighted by Gasteiger charge is 2.31. The molecule has 2 heteroatoms. The maximum atomic E-state index is 13.1. The van der Waals surface area contributed by atoms with Crippen molar-refractivity contribution in [1.82, 2.24) is 5.32 Å². The number of benzene rings is 1. The maximum Gasteiger partial charge on any atom is 0.123 e. The number of halogens is 1. The average Bonchev–Trinajstić information content (AvgIpc) is 2.84. The lowest BCUT2D eigenvalue weighted by molar-refractivity contribution is 0.247. The van der Waals surface area contributed by atoms with Gasteiger partial charge in [-0.2, -0.15) is 0 Å². The van der Waals surface area contributed by atoms with E-state index < -0.39 is 0 Å². The summed E-state index contributed by atoms with van der Waals surface area (Å²) in [6.07, 6.45) is 5.18. The van der Waals surface area contributed by atoms with Gasteiger partial charge in [0, 0.05) is 12.1 Å². The summed E-state index contributed by atoms with van der Waals surface area (Å²) in [5.41, 5.74) is 1.32. The zero-order chi connectivity index (χ0) is 14.8. The first kappa shape index (κ1) is 15.5. The molecule has 0 saturated heterocycles. The fraction of sp³-hybridized carbons (Fsp3) is 0.667. The van der Waals surface area contributed by atoms with Gasteiger partial charge < -0.3 is 5.32 Å². The van der Waals surface area contributed by atoms with E-state index in [1.807, 2.05) is 12.1 Å². The second-order valence-corrected chi connectivity index (χ2v) is 7.30. The third-order valence-electron chi connectivity index (χ3n) is 4.59. The molecule has 0 bridgehead atoms. The third kappa shape index (κ3) is 3.82. The molecule has 1 aromatic carbocycles. The molecule has 3 unspecified atom stereocenters. The highest BCUT2D eigenvalue weighted by molar-refractivity contribution is 5.22. The van der Waals surface area contributed by atoms with E-state index in [1.165, 1.54) is 31.2 Å². The first-order valence-electron chi connectivity index (χ1n) is 7.91. The Hall–Kier alpha value is -0.890. The van der Waals surface area contributed by atoms with E-state index in [0.717, 1.165) is 5.92 Å². The number of nitrogens with one attached hydrogen (secondary N) is 1. The smallest absolute Gasteiger partial charge is 0.123 e. The highest BCUT2D eigenvalue weighted by atomic mass is 19.1. The van der Waals surface area contributed by atoms with Gasteiger partial charge in [-0.3, -0.25) is 0 Å². The standard InChI is InChI=1S/C18H28FN/c1-5-13-6-11-16(12-13)20-17(18(2,3)4)14-7-9-15(19)10-8-14/h7-10,13,16-17,20H,5-6,11-12H2,1-4H3. The molecule has 0 amide bonds. The molecule has 0 aromatic heterocycles. The molecule has 0 aliphatic heterocycles. The summed E-state index contributed by atoms with van der Waals surface area (Å²) in [6.45, 7) is 9.04. The molecule has 1 nitrogen and oxygen atoms in total. The van der Waals surface area contributed by atoms with E-state index in [2.05, 4.69) is 33.0 Å². The van der Waals surface area contributed by atoms with E-state index in [-0.39, 0.29) is 17.3 Å². The van der Waals surface area contributed by atoms with Crippen LogP contribution in [0.3, 0.4) is 0 Å². The third-order valence-corrected chi connectivity index (χ3v) is 4.59. The van der Waals surface area contributed by atoms with Crippen LogP contribution in [0.25, 0.3) is 0 Å². The average molecular weight is 277 g/mol. The van der Waals surface area contributed by atoms with Crippen LogP contribution in [0.1, 0.15) is 65.0 Å². The van der Waals surface area contributed by atoms with Gasteiger partial charge in [0.1, 0.15) is 5.82 Å². The largest absolute Gasteiger partial charge is 0.307 e. The Balaban J connectivity index is 2.11. The second kappa shape index (κ2) is 6.26. The van der Waals surface area contributed by atoms with Crippen molar-refractivity contribution in [2.75, 3.05) is 0 Å². The molecule has 1 saturated carbocycles. The normalized spacial score (nSPS) is 24.9. The van der Waals surface area contributed by atoms with Gasteiger partial charge in [-0.1, -0.05) is 46.2 Å². The first-order chi connectivity index (χ1) is 9.40. The zero-order valence-corrected chi connectivity index (χ0v) is 13.2. The van der Waals surface area contributed by atoms with Crippen LogP contribution in [-0.2, 0) is 0 Å². The molecule has 0 heterocycles. The van der Waals surface area contributed by atoms with Gasteiger partial charge in [-0.05, 0) is 48.3 Å². The van der Waals surface area contributed by atoms with Gasteiger partial charge in [0.2, 0.25) is 0 Å². The summed E-state index contributed by atoms with van der Waals surface area (Å²) in [7, 11) is 0. The molecular formula is C18H28FN. The fourth-order valence-corrected chi connectivity index (χ4v) is 3.33. The molecule has 0 spiro atoms. The van der Waals surface area contributed by atoms with Crippen LogP contribution in [0.15, 0.2) is 24.3 Å². The summed E-state index contributed by atoms with van der Waals surface area (Å²) in [4.78, 5) is 0. The van der Waals surface area contributed by atoms with Gasteiger partial charge in [-0.15, -0.1) is 0 Å². The van der Waals surface area contributed by atoms with E-state index >= 15 is 0 Å². The lowest BCUT2D eigenvalue weighted by Crippen LogP contribution is -2.38. The lowest BCUT2D eigenvalue weighted by Gasteiger charge is -2.34. The van der Waals surface area contributed by atoms with Gasteiger partial charge in [0.05, 0.1) is 0 Å². The van der Waals surface area contributed by atoms with E-state index in [4.69, 9.17) is 0 Å². The maximum absolute atomic E-state index is 13.1. The zero-order valence-electron chi connectivity index (χ0n) is 13.2. The quantitative estimate of drug-likeness (QED) is 0.809. The fourth-order valence-electron chi connectivity index (χ4n) is 3.33. The first-order valence-corrected chi connectivity index (χ1v) is 7.91. The number of hydrogen-bond donors (Lipinski definition) is 1. The van der Waals surface area contributed by atoms with Crippen LogP contribution in [0.2, 0.25) is 0 Å². The monoisotopic (exact) mass is 277 g/mol. The molecule has 3 atom stereocenters. The van der Waals surface area contributed by atoms with Crippen LogP contribution < -0.4 is 5.32 Å². The molecule has 1 fully saturated rings. The highest BCUT2D eigenvalue weighted by Crippen LogP contribution is 2.36. The lowest BCUT2D eigenvalue weighted by atomic mass is 9.81. The Labute approximate surface area is 123 Å². The molecule has 2 rings (SSSR count). The summed E-state index contributed by atoms with van der Waals surface area (Å²) in [6, 6.07) is 7.87. The van der Waals surface area contributed by atoms with Crippen molar-refractivity contribution in [3.63, 3.8) is 0 Å². The predicted molar refractivity (Wildman–Crippen MR) is 83.2 cm³/mol. The van der Waals surface area contributed by atoms with Crippen LogP contribution in [-0.4, -0.2) is 6.04 Å². The Morgan fingerprint density at radius 2 is 1.85 bits per heavy atom. The topological polar surface area (TPSA) is 12.0 Å². The van der Waals surface area contributed by atoms with Crippen molar-refractivity contribution in [1.29, 1.82) is 0 Å². The summed E-state index contributed by atoms with van der Waals surface area (Å²) in [5, 5.41) is 3.83. The molecule has 112 valence electrons. The van der Waals surface area contributed by atoms with Gasteiger partial charge in [0.25, 0.3) is 0 Å². The van der Waals surface area contributed by atoms with E-state index in [0.29, 0.717) is 6.04 Å². The van der Waals surface area contributed by atoms with Crippen molar-refractivity contribution >= 4 is 0 Å². The Morgan fingerprint density at radius 1 is 1.20 bits per heavy atom. The minimum atomic E-state index is -0.159. The van der Waals surface area contributed by atoms with Crippen LogP contribution in [0.5, 0.6) is 0 Å². The second-order valence-electron chi connectivity index (χ2n) is 7.30. The Morgan fingerprint density at radius 3 is 2.35 bits per heavy atom. The molecule has 1 aliphatic carbocycles. The van der Waals surface area contributed by atoms with Crippen molar-refractivity contribution < 1.29 is 4.39 Å². The Bertz CT molecular complexity index is 418. The van der Waals surface area contributed by atoms with Gasteiger partial charge in [0.15, 0.2) is 0 Å².